The van der Waals surface area contributed by atoms with Gasteiger partial charge in [0.05, 0.1) is 6.42 Å². The molecule has 0 bridgehead atoms. The van der Waals surface area contributed by atoms with Gasteiger partial charge >= 0.3 is 5.97 Å². The van der Waals surface area contributed by atoms with Crippen LogP contribution in [0.25, 0.3) is 0 Å². The van der Waals surface area contributed by atoms with Crippen LogP contribution in [0.1, 0.15) is 18.9 Å². The first-order chi connectivity index (χ1) is 7.18. The second kappa shape index (κ2) is 5.80. The van der Waals surface area contributed by atoms with Crippen LogP contribution in [0.3, 0.4) is 0 Å². The Morgan fingerprint density at radius 1 is 1.27 bits per heavy atom. The van der Waals surface area contributed by atoms with Crippen LogP contribution in [0, 0.1) is 0 Å². The van der Waals surface area contributed by atoms with E-state index in [4.69, 9.17) is 0 Å². The van der Waals surface area contributed by atoms with Crippen LogP contribution < -0.4 is 5.48 Å². The van der Waals surface area contributed by atoms with Crippen molar-refractivity contribution < 1.29 is 14.4 Å². The molecule has 1 N–H and O–H groups in total. The summed E-state index contributed by atoms with van der Waals surface area (Å²) in [7, 11) is 0. The van der Waals surface area contributed by atoms with E-state index in [2.05, 4.69) is 4.84 Å². The molecule has 4 heteroatoms. The molecule has 0 fully saturated rings. The maximum absolute atomic E-state index is 11.1. The summed E-state index contributed by atoms with van der Waals surface area (Å²) in [6, 6.07) is 9.61. The van der Waals surface area contributed by atoms with E-state index in [0.29, 0.717) is 6.42 Å². The summed E-state index contributed by atoms with van der Waals surface area (Å²) in [6.07, 6.45) is 0.865. The molecule has 0 spiro atoms. The first-order valence-electron chi connectivity index (χ1n) is 4.68. The summed E-state index contributed by atoms with van der Waals surface area (Å²) in [6.45, 7) is 1.28. The highest BCUT2D eigenvalue weighted by Crippen LogP contribution is 2.02. The molecule has 1 aromatic carbocycles. The molecule has 0 atom stereocenters. The van der Waals surface area contributed by atoms with E-state index >= 15 is 0 Å². The molecule has 0 aliphatic heterocycles. The van der Waals surface area contributed by atoms with E-state index in [0.717, 1.165) is 5.56 Å². The lowest BCUT2D eigenvalue weighted by Gasteiger charge is -2.03. The van der Waals surface area contributed by atoms with Gasteiger partial charge in [-0.2, -0.15) is 5.48 Å². The van der Waals surface area contributed by atoms with Gasteiger partial charge in [-0.15, -0.1) is 0 Å². The second-order valence-corrected chi connectivity index (χ2v) is 3.12. The maximum Gasteiger partial charge on any atom is 0.332 e. The molecule has 0 saturated carbocycles. The lowest BCUT2D eigenvalue weighted by molar-refractivity contribution is -0.157. The highest BCUT2D eigenvalue weighted by Gasteiger charge is 2.04. The Bertz CT molecular complexity index is 335. The zero-order chi connectivity index (χ0) is 11.1. The Morgan fingerprint density at radius 2 is 1.93 bits per heavy atom. The number of rotatable bonds is 3. The summed E-state index contributed by atoms with van der Waals surface area (Å²) >= 11 is 0. The zero-order valence-electron chi connectivity index (χ0n) is 8.53. The Kier molecular flexibility index (Phi) is 4.34. The monoisotopic (exact) mass is 207 g/mol. The number of benzene rings is 1. The number of aryl methyl sites for hydroxylation is 1. The van der Waals surface area contributed by atoms with Crippen LogP contribution in [0.4, 0.5) is 0 Å². The van der Waals surface area contributed by atoms with Gasteiger partial charge in [-0.1, -0.05) is 30.3 Å². The first kappa shape index (κ1) is 11.2. The number of hydrogen-bond acceptors (Lipinski definition) is 3. The van der Waals surface area contributed by atoms with Gasteiger partial charge in [0.15, 0.2) is 0 Å². The second-order valence-electron chi connectivity index (χ2n) is 3.12. The van der Waals surface area contributed by atoms with Gasteiger partial charge in [0.2, 0.25) is 5.91 Å². The fourth-order valence-electron chi connectivity index (χ4n) is 1.07. The lowest BCUT2D eigenvalue weighted by Crippen LogP contribution is -2.24. The van der Waals surface area contributed by atoms with Crippen LogP contribution in [0.2, 0.25) is 0 Å². The van der Waals surface area contributed by atoms with Crippen molar-refractivity contribution >= 4 is 11.9 Å². The van der Waals surface area contributed by atoms with Crippen molar-refractivity contribution in [1.29, 1.82) is 0 Å². The lowest BCUT2D eigenvalue weighted by atomic mass is 10.1. The standard InChI is InChI=1S/C11H13NO3/c1-9(13)12-15-11(14)8-7-10-5-3-2-4-6-10/h2-6H,7-8H2,1H3,(H,12,13). The fraction of sp³-hybridized carbons (Fsp3) is 0.273. The molecule has 1 rings (SSSR count). The van der Waals surface area contributed by atoms with Crippen LogP contribution in [0.5, 0.6) is 0 Å². The molecule has 15 heavy (non-hydrogen) atoms. The number of carbonyl (C=O) groups excluding carboxylic acids is 2. The predicted molar refractivity (Wildman–Crippen MR) is 54.7 cm³/mol. The molecular formula is C11H13NO3. The van der Waals surface area contributed by atoms with Crippen molar-refractivity contribution in [3.05, 3.63) is 35.9 Å². The van der Waals surface area contributed by atoms with Gasteiger partial charge in [0.1, 0.15) is 0 Å². The smallest absolute Gasteiger partial charge is 0.332 e. The summed E-state index contributed by atoms with van der Waals surface area (Å²) in [5.41, 5.74) is 3.06. The molecular weight excluding hydrogens is 194 g/mol. The fourth-order valence-corrected chi connectivity index (χ4v) is 1.07. The average Bonchev–Trinajstić information content (AvgIpc) is 2.25. The number of carbonyl (C=O) groups is 2. The molecule has 0 aliphatic carbocycles. The minimum atomic E-state index is -0.436. The van der Waals surface area contributed by atoms with E-state index in [-0.39, 0.29) is 12.3 Å². The summed E-state index contributed by atoms with van der Waals surface area (Å²) < 4.78 is 0. The molecule has 0 radical (unpaired) electrons. The third-order valence-electron chi connectivity index (χ3n) is 1.77. The average molecular weight is 207 g/mol. The molecule has 0 heterocycles. The van der Waals surface area contributed by atoms with Crippen LogP contribution in [0.15, 0.2) is 30.3 Å². The quantitative estimate of drug-likeness (QED) is 0.758. The van der Waals surface area contributed by atoms with Crippen molar-refractivity contribution in [2.24, 2.45) is 0 Å². The SMILES string of the molecule is CC(=O)NOC(=O)CCc1ccccc1. The number of amides is 1. The minimum Gasteiger partial charge on any atom is -0.341 e. The van der Waals surface area contributed by atoms with Crippen molar-refractivity contribution in [3.8, 4) is 0 Å². The number of nitrogens with one attached hydrogen (secondary N) is 1. The Morgan fingerprint density at radius 3 is 2.53 bits per heavy atom. The van der Waals surface area contributed by atoms with Gasteiger partial charge in [-0.25, -0.2) is 4.79 Å². The van der Waals surface area contributed by atoms with Gasteiger partial charge in [-0.05, 0) is 12.0 Å². The largest absolute Gasteiger partial charge is 0.341 e. The number of hydrogen-bond donors (Lipinski definition) is 1. The summed E-state index contributed by atoms with van der Waals surface area (Å²) in [5.74, 6) is -0.822. The van der Waals surface area contributed by atoms with Crippen molar-refractivity contribution in [3.63, 3.8) is 0 Å². The normalized spacial score (nSPS) is 9.40. The Balaban J connectivity index is 2.26. The first-order valence-corrected chi connectivity index (χ1v) is 4.68. The molecule has 80 valence electrons. The molecule has 0 saturated heterocycles. The molecule has 1 aromatic rings. The van der Waals surface area contributed by atoms with Gasteiger partial charge in [0, 0.05) is 6.92 Å². The topological polar surface area (TPSA) is 55.4 Å². The van der Waals surface area contributed by atoms with Crippen molar-refractivity contribution in [1.82, 2.24) is 5.48 Å². The summed E-state index contributed by atoms with van der Waals surface area (Å²) in [4.78, 5) is 26.0. The minimum absolute atomic E-state index is 0.254. The highest BCUT2D eigenvalue weighted by atomic mass is 16.7. The number of hydroxylamine groups is 1. The predicted octanol–water partition coefficient (Wildman–Crippen LogP) is 1.21. The van der Waals surface area contributed by atoms with E-state index in [1.807, 2.05) is 35.8 Å². The van der Waals surface area contributed by atoms with E-state index < -0.39 is 5.97 Å². The van der Waals surface area contributed by atoms with E-state index in [9.17, 15) is 9.59 Å². The Hall–Kier alpha value is -1.84. The molecule has 4 nitrogen and oxygen atoms in total. The maximum atomic E-state index is 11.1. The highest BCUT2D eigenvalue weighted by molar-refractivity contribution is 5.75. The molecule has 0 aromatic heterocycles. The van der Waals surface area contributed by atoms with Gasteiger partial charge in [-0.3, -0.25) is 4.79 Å². The molecule has 1 amide bonds. The third-order valence-corrected chi connectivity index (χ3v) is 1.77. The van der Waals surface area contributed by atoms with Crippen molar-refractivity contribution in [2.45, 2.75) is 19.8 Å². The van der Waals surface area contributed by atoms with Crippen LogP contribution >= 0.6 is 0 Å². The molecule has 0 unspecified atom stereocenters. The Labute approximate surface area is 88.2 Å². The zero-order valence-corrected chi connectivity index (χ0v) is 8.53. The van der Waals surface area contributed by atoms with Crippen LogP contribution in [-0.4, -0.2) is 11.9 Å². The summed E-state index contributed by atoms with van der Waals surface area (Å²) in [5, 5.41) is 0. The van der Waals surface area contributed by atoms with Crippen LogP contribution in [-0.2, 0) is 20.8 Å². The third kappa shape index (κ3) is 4.81. The van der Waals surface area contributed by atoms with Gasteiger partial charge in [0.25, 0.3) is 0 Å². The van der Waals surface area contributed by atoms with E-state index in [1.165, 1.54) is 6.92 Å². The molecule has 0 aliphatic rings. The van der Waals surface area contributed by atoms with Crippen molar-refractivity contribution in [2.75, 3.05) is 0 Å². The van der Waals surface area contributed by atoms with E-state index in [1.54, 1.807) is 0 Å². The van der Waals surface area contributed by atoms with Gasteiger partial charge < -0.3 is 4.84 Å².